The predicted molar refractivity (Wildman–Crippen MR) is 80.1 cm³/mol. The third-order valence-electron chi connectivity index (χ3n) is 3.83. The number of hydrogen-bond donors (Lipinski definition) is 1. The summed E-state index contributed by atoms with van der Waals surface area (Å²) in [5.74, 6) is -0.0585. The fraction of sp³-hybridized carbons (Fsp3) is 0.467. The molecule has 0 saturated carbocycles. The molecule has 0 spiro atoms. The number of fused-ring (bicyclic) bond motifs is 1. The van der Waals surface area contributed by atoms with E-state index in [1.54, 1.807) is 4.90 Å². The number of hydrogen-bond acceptors (Lipinski definition) is 4. The van der Waals surface area contributed by atoms with Gasteiger partial charge in [-0.15, -0.1) is 11.3 Å². The number of rotatable bonds is 3. The molecule has 1 aromatic heterocycles. The Morgan fingerprint density at radius 3 is 2.87 bits per heavy atom. The number of benzene rings is 1. The Morgan fingerprint density at radius 1 is 1.43 bits per heavy atom. The molecule has 1 amide bonds. The number of thiazole rings is 1. The smallest absolute Gasteiger partial charge is 0.391 e. The van der Waals surface area contributed by atoms with Crippen molar-refractivity contribution in [1.29, 1.82) is 0 Å². The quantitative estimate of drug-likeness (QED) is 0.932. The van der Waals surface area contributed by atoms with Crippen LogP contribution in [0.15, 0.2) is 18.2 Å². The fourth-order valence-corrected chi connectivity index (χ4v) is 3.55. The number of nitrogens with zero attached hydrogens (tertiary/aromatic N) is 2. The van der Waals surface area contributed by atoms with Crippen molar-refractivity contribution in [1.82, 2.24) is 9.88 Å². The number of aliphatic hydroxyl groups excluding tert-OH is 1. The second-order valence-electron chi connectivity index (χ2n) is 5.57. The Hall–Kier alpha value is -1.67. The van der Waals surface area contributed by atoms with Crippen molar-refractivity contribution in [2.24, 2.45) is 0 Å². The maximum Gasteiger partial charge on any atom is 0.416 e. The minimum absolute atomic E-state index is 0.0585. The molecule has 124 valence electrons. The third kappa shape index (κ3) is 3.64. The summed E-state index contributed by atoms with van der Waals surface area (Å²) in [7, 11) is 0. The summed E-state index contributed by atoms with van der Waals surface area (Å²) in [6.07, 6.45) is -3.61. The third-order valence-corrected chi connectivity index (χ3v) is 4.92. The molecule has 4 nitrogen and oxygen atoms in total. The van der Waals surface area contributed by atoms with Crippen molar-refractivity contribution >= 4 is 27.5 Å². The van der Waals surface area contributed by atoms with Gasteiger partial charge in [0.2, 0.25) is 5.91 Å². The number of carbonyl (C=O) groups excluding carboxylic acids is 1. The molecule has 0 unspecified atom stereocenters. The van der Waals surface area contributed by atoms with Crippen LogP contribution in [-0.2, 0) is 17.4 Å². The Bertz CT molecular complexity index is 729. The predicted octanol–water partition coefficient (Wildman–Crippen LogP) is 2.84. The Labute approximate surface area is 134 Å². The molecule has 8 heteroatoms. The second-order valence-corrected chi connectivity index (χ2v) is 6.69. The molecule has 1 aliphatic heterocycles. The number of alkyl halides is 3. The molecule has 1 fully saturated rings. The summed E-state index contributed by atoms with van der Waals surface area (Å²) < 4.78 is 38.7. The average molecular weight is 344 g/mol. The first kappa shape index (κ1) is 16.2. The molecular formula is C15H15F3N2O2S. The van der Waals surface area contributed by atoms with Gasteiger partial charge < -0.3 is 10.0 Å². The van der Waals surface area contributed by atoms with E-state index in [-0.39, 0.29) is 12.3 Å². The van der Waals surface area contributed by atoms with Crippen molar-refractivity contribution in [3.63, 3.8) is 0 Å². The van der Waals surface area contributed by atoms with E-state index in [9.17, 15) is 23.1 Å². The van der Waals surface area contributed by atoms with Crippen LogP contribution in [0.3, 0.4) is 0 Å². The van der Waals surface area contributed by atoms with Crippen molar-refractivity contribution < 1.29 is 23.1 Å². The van der Waals surface area contributed by atoms with E-state index in [1.165, 1.54) is 17.4 Å². The van der Waals surface area contributed by atoms with Gasteiger partial charge >= 0.3 is 6.18 Å². The van der Waals surface area contributed by atoms with Gasteiger partial charge in [-0.1, -0.05) is 0 Å². The standard InChI is InChI=1S/C15H15F3N2O2S/c16-15(17,18)9-1-2-12-11(7-9)19-13(23-12)3-4-14(22)20-6-5-10(21)8-20/h1-2,7,10,21H,3-6,8H2/t10-/m0/s1. The van der Waals surface area contributed by atoms with E-state index in [4.69, 9.17) is 0 Å². The normalized spacial score (nSPS) is 18.8. The lowest BCUT2D eigenvalue weighted by Crippen LogP contribution is -2.29. The van der Waals surface area contributed by atoms with E-state index < -0.39 is 17.8 Å². The van der Waals surface area contributed by atoms with E-state index in [1.807, 2.05) is 0 Å². The van der Waals surface area contributed by atoms with Gasteiger partial charge in [-0.05, 0) is 24.6 Å². The van der Waals surface area contributed by atoms with Gasteiger partial charge in [0, 0.05) is 25.9 Å². The lowest BCUT2D eigenvalue weighted by molar-refractivity contribution is -0.137. The number of aliphatic hydroxyl groups is 1. The molecule has 1 aromatic carbocycles. The first-order valence-corrected chi connectivity index (χ1v) is 8.07. The number of aryl methyl sites for hydroxylation is 1. The topological polar surface area (TPSA) is 53.4 Å². The molecule has 3 rings (SSSR count). The number of amides is 1. The monoisotopic (exact) mass is 344 g/mol. The van der Waals surface area contributed by atoms with Crippen molar-refractivity contribution in [3.8, 4) is 0 Å². The first-order valence-electron chi connectivity index (χ1n) is 7.25. The maximum atomic E-state index is 12.7. The average Bonchev–Trinajstić information content (AvgIpc) is 3.08. The van der Waals surface area contributed by atoms with Crippen molar-refractivity contribution in [2.75, 3.05) is 13.1 Å². The molecule has 2 heterocycles. The van der Waals surface area contributed by atoms with E-state index in [0.29, 0.717) is 41.2 Å². The number of carbonyl (C=O) groups is 1. The highest BCUT2D eigenvalue weighted by atomic mass is 32.1. The van der Waals surface area contributed by atoms with Gasteiger partial charge in [0.1, 0.15) is 0 Å². The molecule has 1 aliphatic rings. The molecule has 2 aromatic rings. The molecule has 0 radical (unpaired) electrons. The van der Waals surface area contributed by atoms with Crippen LogP contribution in [0.4, 0.5) is 13.2 Å². The van der Waals surface area contributed by atoms with Crippen LogP contribution in [0.2, 0.25) is 0 Å². The zero-order valence-corrected chi connectivity index (χ0v) is 13.0. The molecule has 1 atom stereocenters. The van der Waals surface area contributed by atoms with E-state index in [2.05, 4.69) is 4.98 Å². The molecule has 0 aliphatic carbocycles. The van der Waals surface area contributed by atoms with Crippen LogP contribution in [0.1, 0.15) is 23.4 Å². The van der Waals surface area contributed by atoms with Crippen LogP contribution in [-0.4, -0.2) is 40.1 Å². The summed E-state index contributed by atoms with van der Waals surface area (Å²) in [6.45, 7) is 0.905. The van der Waals surface area contributed by atoms with Gasteiger partial charge in [-0.3, -0.25) is 4.79 Å². The van der Waals surface area contributed by atoms with E-state index in [0.717, 1.165) is 12.1 Å². The maximum absolute atomic E-state index is 12.7. The van der Waals surface area contributed by atoms with Gasteiger partial charge in [0.05, 0.1) is 26.9 Å². The molecule has 23 heavy (non-hydrogen) atoms. The second kappa shape index (κ2) is 6.09. The Morgan fingerprint density at radius 2 is 2.22 bits per heavy atom. The highest BCUT2D eigenvalue weighted by Crippen LogP contribution is 2.33. The lowest BCUT2D eigenvalue weighted by Gasteiger charge is -2.14. The molecule has 1 saturated heterocycles. The van der Waals surface area contributed by atoms with Crippen LogP contribution in [0, 0.1) is 0 Å². The molecule has 1 N–H and O–H groups in total. The summed E-state index contributed by atoms with van der Waals surface area (Å²) in [5.41, 5.74) is -0.409. The number of likely N-dealkylation sites (tertiary alicyclic amines) is 1. The van der Waals surface area contributed by atoms with E-state index >= 15 is 0 Å². The fourth-order valence-electron chi connectivity index (χ4n) is 2.60. The highest BCUT2D eigenvalue weighted by molar-refractivity contribution is 7.18. The summed E-state index contributed by atoms with van der Waals surface area (Å²) in [6, 6.07) is 3.49. The Kier molecular flexibility index (Phi) is 4.29. The largest absolute Gasteiger partial charge is 0.416 e. The molecular weight excluding hydrogens is 329 g/mol. The van der Waals surface area contributed by atoms with Crippen LogP contribution >= 0.6 is 11.3 Å². The minimum atomic E-state index is -4.38. The Balaban J connectivity index is 1.68. The van der Waals surface area contributed by atoms with Gasteiger partial charge in [-0.2, -0.15) is 13.2 Å². The summed E-state index contributed by atoms with van der Waals surface area (Å²) in [5, 5.41) is 10.1. The zero-order chi connectivity index (χ0) is 16.6. The number of halogens is 3. The van der Waals surface area contributed by atoms with Gasteiger partial charge in [0.25, 0.3) is 0 Å². The zero-order valence-electron chi connectivity index (χ0n) is 12.1. The van der Waals surface area contributed by atoms with Gasteiger partial charge in [0.15, 0.2) is 0 Å². The number of β-amino-alcohol motifs (C(OH)–C–C–N with tert-alkyl or cyclic N) is 1. The molecule has 0 bridgehead atoms. The minimum Gasteiger partial charge on any atom is -0.391 e. The first-order chi connectivity index (χ1) is 10.8. The number of aromatic nitrogens is 1. The van der Waals surface area contributed by atoms with Gasteiger partial charge in [-0.25, -0.2) is 4.98 Å². The summed E-state index contributed by atoms with van der Waals surface area (Å²) >= 11 is 1.30. The SMILES string of the molecule is O=C(CCc1nc2cc(C(F)(F)F)ccc2s1)N1CC[C@H](O)C1. The van der Waals surface area contributed by atoms with Crippen LogP contribution < -0.4 is 0 Å². The van der Waals surface area contributed by atoms with Crippen molar-refractivity contribution in [2.45, 2.75) is 31.5 Å². The van der Waals surface area contributed by atoms with Crippen LogP contribution in [0.25, 0.3) is 10.2 Å². The lowest BCUT2D eigenvalue weighted by atomic mass is 10.2. The van der Waals surface area contributed by atoms with Crippen LogP contribution in [0.5, 0.6) is 0 Å². The van der Waals surface area contributed by atoms with Crippen molar-refractivity contribution in [3.05, 3.63) is 28.8 Å². The highest BCUT2D eigenvalue weighted by Gasteiger charge is 2.31. The summed E-state index contributed by atoms with van der Waals surface area (Å²) in [4.78, 5) is 17.8.